The summed E-state index contributed by atoms with van der Waals surface area (Å²) in [4.78, 5) is 25.6. The van der Waals surface area contributed by atoms with Gasteiger partial charge in [-0.25, -0.2) is 10.0 Å². The number of fused-ring (bicyclic) bond motifs is 1. The van der Waals surface area contributed by atoms with E-state index in [1.165, 1.54) is 49.6 Å². The van der Waals surface area contributed by atoms with Crippen molar-refractivity contribution in [3.63, 3.8) is 0 Å². The van der Waals surface area contributed by atoms with Gasteiger partial charge in [0.15, 0.2) is 5.69 Å². The molecule has 0 saturated carbocycles. The Kier molecular flexibility index (Phi) is 5.74. The number of carbonyl (C=O) groups is 1. The molecule has 3 aromatic carbocycles. The SMILES string of the molecule is COc1ccccc1-c1c(C)oc2cc(OC(=O)c3cccc([NH+]([O-])O)c3)ccc2c1=O. The van der Waals surface area contributed by atoms with Gasteiger partial charge in [0.25, 0.3) is 0 Å². The number of hydrogen-bond donors (Lipinski definition) is 2. The van der Waals surface area contributed by atoms with Gasteiger partial charge in [-0.15, -0.1) is 0 Å². The summed E-state index contributed by atoms with van der Waals surface area (Å²) in [7, 11) is 1.53. The molecule has 0 amide bonds. The first-order chi connectivity index (χ1) is 15.4. The van der Waals surface area contributed by atoms with Gasteiger partial charge in [-0.05, 0) is 31.2 Å². The Morgan fingerprint density at radius 2 is 1.84 bits per heavy atom. The lowest BCUT2D eigenvalue weighted by Gasteiger charge is -2.12. The maximum atomic E-state index is 13.2. The summed E-state index contributed by atoms with van der Waals surface area (Å²) in [5.41, 5.74) is 1.11. The third-order valence-electron chi connectivity index (χ3n) is 4.97. The van der Waals surface area contributed by atoms with Crippen LogP contribution in [-0.4, -0.2) is 18.3 Å². The Hall–Kier alpha value is -3.98. The number of carbonyl (C=O) groups excluding carboxylic acids is 1. The van der Waals surface area contributed by atoms with Gasteiger partial charge in [0.05, 0.1) is 23.6 Å². The minimum atomic E-state index is -1.14. The predicted octanol–water partition coefficient (Wildman–Crippen LogP) is 3.40. The molecular formula is C24H19NO7. The van der Waals surface area contributed by atoms with Crippen LogP contribution in [0.4, 0.5) is 5.69 Å². The Bertz CT molecular complexity index is 1370. The van der Waals surface area contributed by atoms with Crippen molar-refractivity contribution in [3.8, 4) is 22.6 Å². The summed E-state index contributed by atoms with van der Waals surface area (Å²) >= 11 is 0. The normalized spacial score (nSPS) is 11.9. The van der Waals surface area contributed by atoms with Crippen molar-refractivity contribution < 1.29 is 29.1 Å². The Labute approximate surface area is 182 Å². The van der Waals surface area contributed by atoms with E-state index in [1.54, 1.807) is 19.1 Å². The average molecular weight is 433 g/mol. The highest BCUT2D eigenvalue weighted by Gasteiger charge is 2.18. The topological polar surface area (TPSA) is 113 Å². The highest BCUT2D eigenvalue weighted by atomic mass is 16.8. The van der Waals surface area contributed by atoms with Crippen LogP contribution in [0.3, 0.4) is 0 Å². The van der Waals surface area contributed by atoms with Crippen LogP contribution in [0.2, 0.25) is 0 Å². The van der Waals surface area contributed by atoms with Crippen LogP contribution in [0.1, 0.15) is 16.1 Å². The molecule has 0 saturated heterocycles. The van der Waals surface area contributed by atoms with Crippen LogP contribution in [0.25, 0.3) is 22.1 Å². The minimum absolute atomic E-state index is 0.0246. The lowest BCUT2D eigenvalue weighted by molar-refractivity contribution is -0.991. The molecule has 0 aliphatic rings. The van der Waals surface area contributed by atoms with E-state index in [0.29, 0.717) is 28.0 Å². The molecule has 1 unspecified atom stereocenters. The molecule has 0 radical (unpaired) electrons. The van der Waals surface area contributed by atoms with Gasteiger partial charge >= 0.3 is 5.97 Å². The van der Waals surface area contributed by atoms with Gasteiger partial charge < -0.3 is 19.1 Å². The smallest absolute Gasteiger partial charge is 0.343 e. The van der Waals surface area contributed by atoms with E-state index in [9.17, 15) is 14.8 Å². The lowest BCUT2D eigenvalue weighted by atomic mass is 10.0. The summed E-state index contributed by atoms with van der Waals surface area (Å²) in [5.74, 6) is 0.383. The zero-order chi connectivity index (χ0) is 22.8. The van der Waals surface area contributed by atoms with E-state index in [0.717, 1.165) is 0 Å². The molecule has 8 heteroatoms. The number of nitrogens with one attached hydrogen (secondary N) is 1. The Morgan fingerprint density at radius 1 is 1.06 bits per heavy atom. The Balaban J connectivity index is 1.71. The van der Waals surface area contributed by atoms with Gasteiger partial charge in [-0.1, -0.05) is 24.3 Å². The van der Waals surface area contributed by atoms with Crippen molar-refractivity contribution in [1.82, 2.24) is 0 Å². The molecule has 0 aliphatic carbocycles. The monoisotopic (exact) mass is 433 g/mol. The lowest BCUT2D eigenvalue weighted by Crippen LogP contribution is -2.99. The second-order valence-corrected chi connectivity index (χ2v) is 7.00. The first-order valence-electron chi connectivity index (χ1n) is 9.65. The highest BCUT2D eigenvalue weighted by molar-refractivity contribution is 5.92. The van der Waals surface area contributed by atoms with E-state index in [1.807, 2.05) is 12.1 Å². The van der Waals surface area contributed by atoms with E-state index in [4.69, 9.17) is 19.1 Å². The van der Waals surface area contributed by atoms with Gasteiger partial charge in [0, 0.05) is 23.8 Å². The molecule has 0 bridgehead atoms. The van der Waals surface area contributed by atoms with Gasteiger partial charge in [0.2, 0.25) is 5.43 Å². The molecule has 32 heavy (non-hydrogen) atoms. The van der Waals surface area contributed by atoms with E-state index >= 15 is 0 Å². The molecule has 1 atom stereocenters. The summed E-state index contributed by atoms with van der Waals surface area (Å²) in [6, 6.07) is 17.2. The van der Waals surface area contributed by atoms with Crippen molar-refractivity contribution in [1.29, 1.82) is 0 Å². The number of esters is 1. The minimum Gasteiger partial charge on any atom is -0.595 e. The van der Waals surface area contributed by atoms with Crippen LogP contribution in [0.5, 0.6) is 11.5 Å². The van der Waals surface area contributed by atoms with Crippen LogP contribution in [0, 0.1) is 12.1 Å². The molecule has 1 aromatic heterocycles. The first kappa shape index (κ1) is 21.3. The zero-order valence-corrected chi connectivity index (χ0v) is 17.2. The van der Waals surface area contributed by atoms with Crippen molar-refractivity contribution >= 4 is 22.6 Å². The van der Waals surface area contributed by atoms with Crippen LogP contribution in [-0.2, 0) is 0 Å². The maximum absolute atomic E-state index is 13.2. The standard InChI is InChI=1S/C24H19NO7/c1-14-22(18-8-3-4-9-20(18)30-2)23(26)19-11-10-17(13-21(19)31-14)32-24(27)15-6-5-7-16(12-15)25(28)29/h3-13,25,28H,1-2H3. The molecular weight excluding hydrogens is 414 g/mol. The van der Waals surface area contributed by atoms with Crippen molar-refractivity contribution in [3.05, 3.63) is 93.5 Å². The van der Waals surface area contributed by atoms with E-state index in [-0.39, 0.29) is 28.0 Å². The molecule has 1 heterocycles. The third kappa shape index (κ3) is 3.97. The van der Waals surface area contributed by atoms with Crippen molar-refractivity contribution in [2.75, 3.05) is 7.11 Å². The van der Waals surface area contributed by atoms with Gasteiger partial charge in [-0.2, -0.15) is 5.23 Å². The highest BCUT2D eigenvalue weighted by Crippen LogP contribution is 2.32. The third-order valence-corrected chi connectivity index (χ3v) is 4.97. The van der Waals surface area contributed by atoms with Crippen LogP contribution in [0.15, 0.2) is 75.9 Å². The van der Waals surface area contributed by atoms with Crippen LogP contribution >= 0.6 is 0 Å². The van der Waals surface area contributed by atoms with Gasteiger partial charge in [0.1, 0.15) is 22.8 Å². The molecule has 4 aromatic rings. The summed E-state index contributed by atoms with van der Waals surface area (Å²) in [6.45, 7) is 1.68. The maximum Gasteiger partial charge on any atom is 0.343 e. The number of aryl methyl sites for hydroxylation is 1. The largest absolute Gasteiger partial charge is 0.595 e. The molecule has 4 rings (SSSR count). The van der Waals surface area contributed by atoms with Gasteiger partial charge in [-0.3, -0.25) is 4.79 Å². The number of para-hydroxylation sites is 1. The predicted molar refractivity (Wildman–Crippen MR) is 116 cm³/mol. The fourth-order valence-electron chi connectivity index (χ4n) is 3.46. The number of methoxy groups -OCH3 is 1. The quantitative estimate of drug-likeness (QED) is 0.282. The molecule has 8 nitrogen and oxygen atoms in total. The number of ether oxygens (including phenoxy) is 2. The number of hydrogen-bond acceptors (Lipinski definition) is 7. The summed E-state index contributed by atoms with van der Waals surface area (Å²) in [5, 5.41) is 19.4. The molecule has 162 valence electrons. The molecule has 0 spiro atoms. The van der Waals surface area contributed by atoms with Crippen molar-refractivity contribution in [2.24, 2.45) is 0 Å². The van der Waals surface area contributed by atoms with E-state index < -0.39 is 11.2 Å². The van der Waals surface area contributed by atoms with Crippen molar-refractivity contribution in [2.45, 2.75) is 6.92 Å². The molecule has 2 N–H and O–H groups in total. The Morgan fingerprint density at radius 3 is 2.59 bits per heavy atom. The molecule has 0 aliphatic heterocycles. The number of rotatable bonds is 5. The number of quaternary nitrogens is 1. The number of benzene rings is 3. The zero-order valence-electron chi connectivity index (χ0n) is 17.2. The summed E-state index contributed by atoms with van der Waals surface area (Å²) < 4.78 is 16.6. The average Bonchev–Trinajstić information content (AvgIpc) is 2.79. The molecule has 0 fully saturated rings. The summed E-state index contributed by atoms with van der Waals surface area (Å²) in [6.07, 6.45) is 0. The fraction of sp³-hybridized carbons (Fsp3) is 0.0833. The second kappa shape index (κ2) is 8.64. The second-order valence-electron chi connectivity index (χ2n) is 7.00. The first-order valence-corrected chi connectivity index (χ1v) is 9.65. The van der Waals surface area contributed by atoms with E-state index in [2.05, 4.69) is 0 Å². The van der Waals surface area contributed by atoms with Crippen LogP contribution < -0.4 is 20.1 Å². The fourth-order valence-corrected chi connectivity index (χ4v) is 3.46.